The zero-order valence-electron chi connectivity index (χ0n) is 13.5. The van der Waals surface area contributed by atoms with E-state index in [4.69, 9.17) is 16.3 Å². The molecule has 2 fully saturated rings. The molecule has 2 unspecified atom stereocenters. The smallest absolute Gasteiger partial charge is 0.253 e. The number of aliphatic hydroxyl groups excluding tert-OH is 1. The SMILES string of the molecule is Cl.O=C(C1CNCCO1)N1CCC(C(O)c2ccc(Cl)cc2)CC1. The summed E-state index contributed by atoms with van der Waals surface area (Å²) in [6, 6.07) is 7.33. The molecule has 1 aromatic rings. The van der Waals surface area contributed by atoms with Crippen molar-refractivity contribution in [1.82, 2.24) is 10.2 Å². The van der Waals surface area contributed by atoms with Crippen LogP contribution in [0.5, 0.6) is 0 Å². The van der Waals surface area contributed by atoms with Gasteiger partial charge in [0.05, 0.1) is 12.7 Å². The average Bonchev–Trinajstić information content (AvgIpc) is 2.62. The summed E-state index contributed by atoms with van der Waals surface area (Å²) < 4.78 is 5.53. The predicted octanol–water partition coefficient (Wildman–Crippen LogP) is 2.02. The lowest BCUT2D eigenvalue weighted by molar-refractivity contribution is -0.147. The monoisotopic (exact) mass is 374 g/mol. The lowest BCUT2D eigenvalue weighted by Crippen LogP contribution is -2.51. The molecule has 0 aromatic heterocycles. The van der Waals surface area contributed by atoms with E-state index in [9.17, 15) is 9.90 Å². The molecule has 0 spiro atoms. The van der Waals surface area contributed by atoms with E-state index in [1.807, 2.05) is 17.0 Å². The van der Waals surface area contributed by atoms with Gasteiger partial charge in [0, 0.05) is 31.2 Å². The maximum Gasteiger partial charge on any atom is 0.253 e. The fourth-order valence-corrected chi connectivity index (χ4v) is 3.42. The Kier molecular flexibility index (Phi) is 7.32. The average molecular weight is 375 g/mol. The van der Waals surface area contributed by atoms with E-state index in [1.54, 1.807) is 12.1 Å². The van der Waals surface area contributed by atoms with Crippen molar-refractivity contribution < 1.29 is 14.6 Å². The third-order valence-electron chi connectivity index (χ3n) is 4.71. The normalized spacial score (nSPS) is 23.4. The highest BCUT2D eigenvalue weighted by atomic mass is 35.5. The Bertz CT molecular complexity index is 527. The lowest BCUT2D eigenvalue weighted by Gasteiger charge is -2.36. The molecule has 1 amide bonds. The Morgan fingerprint density at radius 1 is 1.29 bits per heavy atom. The number of hydrogen-bond donors (Lipinski definition) is 2. The maximum absolute atomic E-state index is 12.4. The zero-order chi connectivity index (χ0) is 16.2. The number of rotatable bonds is 3. The number of morpholine rings is 1. The number of aliphatic hydroxyl groups is 1. The van der Waals surface area contributed by atoms with Crippen molar-refractivity contribution >= 4 is 29.9 Å². The van der Waals surface area contributed by atoms with Crippen LogP contribution in [0.1, 0.15) is 24.5 Å². The first-order valence-electron chi connectivity index (χ1n) is 8.20. The molecule has 2 aliphatic heterocycles. The molecule has 0 radical (unpaired) electrons. The van der Waals surface area contributed by atoms with Crippen LogP contribution < -0.4 is 5.32 Å². The van der Waals surface area contributed by atoms with Gasteiger partial charge in [0.15, 0.2) is 0 Å². The molecule has 2 aliphatic rings. The highest BCUT2D eigenvalue weighted by Crippen LogP contribution is 2.31. The van der Waals surface area contributed by atoms with Gasteiger partial charge in [-0.05, 0) is 36.5 Å². The predicted molar refractivity (Wildman–Crippen MR) is 95.6 cm³/mol. The van der Waals surface area contributed by atoms with Crippen molar-refractivity contribution in [2.75, 3.05) is 32.8 Å². The van der Waals surface area contributed by atoms with Crippen LogP contribution in [0, 0.1) is 5.92 Å². The molecular weight excluding hydrogens is 351 g/mol. The molecule has 2 saturated heterocycles. The van der Waals surface area contributed by atoms with Crippen molar-refractivity contribution in [2.45, 2.75) is 25.0 Å². The highest BCUT2D eigenvalue weighted by Gasteiger charge is 2.32. The van der Waals surface area contributed by atoms with Gasteiger partial charge >= 0.3 is 0 Å². The molecule has 2 N–H and O–H groups in total. The molecule has 24 heavy (non-hydrogen) atoms. The number of carbonyl (C=O) groups is 1. The number of nitrogens with zero attached hydrogens (tertiary/aromatic N) is 1. The van der Waals surface area contributed by atoms with Crippen molar-refractivity contribution in [2.24, 2.45) is 5.92 Å². The minimum atomic E-state index is -0.503. The molecule has 2 heterocycles. The van der Waals surface area contributed by atoms with E-state index in [0.29, 0.717) is 31.3 Å². The fourth-order valence-electron chi connectivity index (χ4n) is 3.30. The summed E-state index contributed by atoms with van der Waals surface area (Å²) in [4.78, 5) is 14.3. The molecule has 7 heteroatoms. The summed E-state index contributed by atoms with van der Waals surface area (Å²) in [5, 5.41) is 14.4. The second-order valence-corrected chi connectivity index (χ2v) is 6.66. The fraction of sp³-hybridized carbons (Fsp3) is 0.588. The largest absolute Gasteiger partial charge is 0.388 e. The van der Waals surface area contributed by atoms with Crippen LogP contribution in [0.2, 0.25) is 5.02 Å². The highest BCUT2D eigenvalue weighted by molar-refractivity contribution is 6.30. The number of carbonyl (C=O) groups excluding carboxylic acids is 1. The Morgan fingerprint density at radius 2 is 1.96 bits per heavy atom. The minimum absolute atomic E-state index is 0. The van der Waals surface area contributed by atoms with Gasteiger partial charge in [0.1, 0.15) is 6.10 Å². The van der Waals surface area contributed by atoms with E-state index in [0.717, 1.165) is 24.9 Å². The molecule has 1 aromatic carbocycles. The summed E-state index contributed by atoms with van der Waals surface area (Å²) in [5.74, 6) is 0.238. The summed E-state index contributed by atoms with van der Waals surface area (Å²) in [5.41, 5.74) is 0.888. The van der Waals surface area contributed by atoms with E-state index in [2.05, 4.69) is 5.32 Å². The molecular formula is C17H24Cl2N2O3. The summed E-state index contributed by atoms with van der Waals surface area (Å²) >= 11 is 5.89. The van der Waals surface area contributed by atoms with Crippen LogP contribution in [-0.4, -0.2) is 54.8 Å². The van der Waals surface area contributed by atoms with E-state index >= 15 is 0 Å². The quantitative estimate of drug-likeness (QED) is 0.849. The first-order valence-corrected chi connectivity index (χ1v) is 8.57. The molecule has 0 aliphatic carbocycles. The molecule has 134 valence electrons. The van der Waals surface area contributed by atoms with Gasteiger partial charge in [-0.3, -0.25) is 4.79 Å². The molecule has 0 bridgehead atoms. The van der Waals surface area contributed by atoms with Crippen LogP contribution in [0.3, 0.4) is 0 Å². The Hall–Kier alpha value is -0.850. The van der Waals surface area contributed by atoms with E-state index < -0.39 is 6.10 Å². The van der Waals surface area contributed by atoms with Crippen LogP contribution in [-0.2, 0) is 9.53 Å². The second-order valence-electron chi connectivity index (χ2n) is 6.22. The van der Waals surface area contributed by atoms with Gasteiger partial charge in [-0.1, -0.05) is 23.7 Å². The van der Waals surface area contributed by atoms with Crippen molar-refractivity contribution in [3.05, 3.63) is 34.9 Å². The molecule has 2 atom stereocenters. The van der Waals surface area contributed by atoms with Gasteiger partial charge in [0.2, 0.25) is 0 Å². The van der Waals surface area contributed by atoms with E-state index in [-0.39, 0.29) is 30.3 Å². The van der Waals surface area contributed by atoms with Crippen LogP contribution in [0.4, 0.5) is 0 Å². The number of halogens is 2. The van der Waals surface area contributed by atoms with Gasteiger partial charge < -0.3 is 20.1 Å². The number of ether oxygens (including phenoxy) is 1. The maximum atomic E-state index is 12.4. The summed E-state index contributed by atoms with van der Waals surface area (Å²) in [6.45, 7) is 3.33. The van der Waals surface area contributed by atoms with Crippen molar-refractivity contribution in [3.63, 3.8) is 0 Å². The van der Waals surface area contributed by atoms with Gasteiger partial charge in [-0.15, -0.1) is 12.4 Å². The topological polar surface area (TPSA) is 61.8 Å². The first-order chi connectivity index (χ1) is 11.1. The molecule has 3 rings (SSSR count). The first kappa shape index (κ1) is 19.5. The lowest BCUT2D eigenvalue weighted by atomic mass is 9.87. The standard InChI is InChI=1S/C17H23ClN2O3.ClH/c18-14-3-1-12(2-4-14)16(21)13-5-8-20(9-6-13)17(22)15-11-19-7-10-23-15;/h1-4,13,15-16,19,21H,5-11H2;1H. The third kappa shape index (κ3) is 4.61. The summed E-state index contributed by atoms with van der Waals surface area (Å²) in [6.07, 6.45) is 0.740. The van der Waals surface area contributed by atoms with Gasteiger partial charge in [0.25, 0.3) is 5.91 Å². The number of likely N-dealkylation sites (tertiary alicyclic amines) is 1. The Labute approximate surface area is 153 Å². The third-order valence-corrected chi connectivity index (χ3v) is 4.96. The second kappa shape index (κ2) is 9.02. The number of benzene rings is 1. The van der Waals surface area contributed by atoms with Crippen LogP contribution in [0.15, 0.2) is 24.3 Å². The Morgan fingerprint density at radius 3 is 2.54 bits per heavy atom. The number of amides is 1. The Balaban J connectivity index is 0.00000208. The molecule has 0 saturated carbocycles. The van der Waals surface area contributed by atoms with Gasteiger partial charge in [-0.2, -0.15) is 0 Å². The van der Waals surface area contributed by atoms with Crippen molar-refractivity contribution in [1.29, 1.82) is 0 Å². The summed E-state index contributed by atoms with van der Waals surface area (Å²) in [7, 11) is 0. The van der Waals surface area contributed by atoms with Crippen LogP contribution >= 0.6 is 24.0 Å². The van der Waals surface area contributed by atoms with Gasteiger partial charge in [-0.25, -0.2) is 0 Å². The zero-order valence-corrected chi connectivity index (χ0v) is 15.1. The van der Waals surface area contributed by atoms with Crippen molar-refractivity contribution in [3.8, 4) is 0 Å². The number of hydrogen-bond acceptors (Lipinski definition) is 4. The number of piperidine rings is 1. The number of nitrogens with one attached hydrogen (secondary N) is 1. The molecule has 5 nitrogen and oxygen atoms in total. The van der Waals surface area contributed by atoms with Crippen LogP contribution in [0.25, 0.3) is 0 Å². The minimum Gasteiger partial charge on any atom is -0.388 e. The van der Waals surface area contributed by atoms with E-state index in [1.165, 1.54) is 0 Å².